The molecule has 1 fully saturated rings. The fourth-order valence-corrected chi connectivity index (χ4v) is 3.17. The minimum absolute atomic E-state index is 0.0122. The Bertz CT molecular complexity index is 607. The summed E-state index contributed by atoms with van der Waals surface area (Å²) in [5.41, 5.74) is 1.69. The maximum Gasteiger partial charge on any atom is 0.239 e. The second-order valence-electron chi connectivity index (χ2n) is 5.53. The zero-order valence-corrected chi connectivity index (χ0v) is 13.4. The van der Waals surface area contributed by atoms with Gasteiger partial charge in [0.15, 0.2) is 0 Å². The lowest BCUT2D eigenvalue weighted by Crippen LogP contribution is -2.38. The van der Waals surface area contributed by atoms with E-state index in [2.05, 4.69) is 5.32 Å². The van der Waals surface area contributed by atoms with E-state index in [1.807, 2.05) is 31.1 Å². The standard InChI is InChI=1S/C14H21N3O3S/c1-16(2)12-6-4-11(5-7-12)15-14(18)10-17(13-8-9-13)21(3,19)20/h4-7,13H,8-10H2,1-3H3,(H,15,18). The van der Waals surface area contributed by atoms with Gasteiger partial charge in [-0.15, -0.1) is 0 Å². The van der Waals surface area contributed by atoms with Gasteiger partial charge in [-0.1, -0.05) is 0 Å². The molecule has 1 amide bonds. The highest BCUT2D eigenvalue weighted by Crippen LogP contribution is 2.28. The van der Waals surface area contributed by atoms with E-state index in [1.165, 1.54) is 4.31 Å². The van der Waals surface area contributed by atoms with Crippen molar-refractivity contribution in [1.29, 1.82) is 0 Å². The number of carbonyl (C=O) groups is 1. The van der Waals surface area contributed by atoms with Crippen LogP contribution in [0.5, 0.6) is 0 Å². The van der Waals surface area contributed by atoms with E-state index in [-0.39, 0.29) is 18.5 Å². The summed E-state index contributed by atoms with van der Waals surface area (Å²) in [4.78, 5) is 14.0. The third kappa shape index (κ3) is 4.44. The zero-order chi connectivity index (χ0) is 15.6. The van der Waals surface area contributed by atoms with Crippen molar-refractivity contribution in [3.8, 4) is 0 Å². The summed E-state index contributed by atoms with van der Waals surface area (Å²) < 4.78 is 24.6. The molecule has 0 heterocycles. The molecule has 1 aliphatic carbocycles. The lowest BCUT2D eigenvalue weighted by Gasteiger charge is -2.19. The van der Waals surface area contributed by atoms with Crippen molar-refractivity contribution in [2.75, 3.05) is 37.1 Å². The van der Waals surface area contributed by atoms with Crippen LogP contribution in [0.1, 0.15) is 12.8 Å². The number of amides is 1. The molecule has 1 saturated carbocycles. The van der Waals surface area contributed by atoms with Crippen molar-refractivity contribution < 1.29 is 13.2 Å². The van der Waals surface area contributed by atoms with Gasteiger partial charge in [0.25, 0.3) is 0 Å². The average Bonchev–Trinajstić information content (AvgIpc) is 3.19. The van der Waals surface area contributed by atoms with Gasteiger partial charge in [-0.05, 0) is 37.1 Å². The number of benzene rings is 1. The molecule has 0 atom stereocenters. The molecule has 7 heteroatoms. The summed E-state index contributed by atoms with van der Waals surface area (Å²) in [6.07, 6.45) is 2.81. The third-order valence-corrected chi connectivity index (χ3v) is 4.63. The van der Waals surface area contributed by atoms with Crippen molar-refractivity contribution in [2.24, 2.45) is 0 Å². The molecule has 0 aromatic heterocycles. The molecular weight excluding hydrogens is 290 g/mol. The first kappa shape index (κ1) is 15.8. The summed E-state index contributed by atoms with van der Waals surface area (Å²) in [6.45, 7) is -0.126. The number of anilines is 2. The van der Waals surface area contributed by atoms with Crippen LogP contribution in [0.3, 0.4) is 0 Å². The van der Waals surface area contributed by atoms with Gasteiger partial charge in [0.2, 0.25) is 15.9 Å². The van der Waals surface area contributed by atoms with Gasteiger partial charge >= 0.3 is 0 Å². The van der Waals surface area contributed by atoms with E-state index in [0.29, 0.717) is 5.69 Å². The van der Waals surface area contributed by atoms with Crippen molar-refractivity contribution in [2.45, 2.75) is 18.9 Å². The van der Waals surface area contributed by atoms with E-state index in [1.54, 1.807) is 12.1 Å². The number of sulfonamides is 1. The Kier molecular flexibility index (Phi) is 4.53. The van der Waals surface area contributed by atoms with Crippen molar-refractivity contribution in [3.63, 3.8) is 0 Å². The topological polar surface area (TPSA) is 69.7 Å². The van der Waals surface area contributed by atoms with Crippen LogP contribution in [0, 0.1) is 0 Å². The first-order valence-corrected chi connectivity index (χ1v) is 8.66. The summed E-state index contributed by atoms with van der Waals surface area (Å²) in [6, 6.07) is 7.38. The second-order valence-corrected chi connectivity index (χ2v) is 7.46. The van der Waals surface area contributed by atoms with E-state index < -0.39 is 10.0 Å². The summed E-state index contributed by atoms with van der Waals surface area (Å²) in [7, 11) is 0.534. The molecule has 0 bridgehead atoms. The Morgan fingerprint density at radius 2 is 1.81 bits per heavy atom. The number of nitrogens with zero attached hydrogens (tertiary/aromatic N) is 2. The van der Waals surface area contributed by atoms with Crippen LogP contribution < -0.4 is 10.2 Å². The Morgan fingerprint density at radius 1 is 1.24 bits per heavy atom. The zero-order valence-electron chi connectivity index (χ0n) is 12.5. The monoisotopic (exact) mass is 311 g/mol. The van der Waals surface area contributed by atoms with Crippen LogP contribution in [-0.2, 0) is 14.8 Å². The number of rotatable bonds is 6. The van der Waals surface area contributed by atoms with Crippen molar-refractivity contribution in [1.82, 2.24) is 4.31 Å². The molecule has 0 radical (unpaired) electrons. The molecule has 21 heavy (non-hydrogen) atoms. The highest BCUT2D eigenvalue weighted by atomic mass is 32.2. The van der Waals surface area contributed by atoms with Crippen molar-refractivity contribution in [3.05, 3.63) is 24.3 Å². The van der Waals surface area contributed by atoms with Crippen LogP contribution in [0.25, 0.3) is 0 Å². The fourth-order valence-electron chi connectivity index (χ4n) is 2.06. The number of nitrogens with one attached hydrogen (secondary N) is 1. The Labute approximate surface area is 125 Å². The molecule has 1 aromatic carbocycles. The Morgan fingerprint density at radius 3 is 2.24 bits per heavy atom. The first-order valence-electron chi connectivity index (χ1n) is 6.81. The van der Waals surface area contributed by atoms with Gasteiger partial charge in [0.1, 0.15) is 0 Å². The van der Waals surface area contributed by atoms with E-state index in [9.17, 15) is 13.2 Å². The molecule has 0 saturated heterocycles. The number of hydrogen-bond acceptors (Lipinski definition) is 4. The SMILES string of the molecule is CN(C)c1ccc(NC(=O)CN(C2CC2)S(C)(=O)=O)cc1. The van der Waals surface area contributed by atoms with Gasteiger partial charge in [-0.3, -0.25) is 4.79 Å². The lowest BCUT2D eigenvalue weighted by molar-refractivity contribution is -0.116. The van der Waals surface area contributed by atoms with Crippen molar-refractivity contribution >= 4 is 27.3 Å². The molecule has 0 aliphatic heterocycles. The van der Waals surface area contributed by atoms with E-state index in [4.69, 9.17) is 0 Å². The van der Waals surface area contributed by atoms with E-state index >= 15 is 0 Å². The van der Waals surface area contributed by atoms with E-state index in [0.717, 1.165) is 24.8 Å². The first-order chi connectivity index (χ1) is 9.77. The highest BCUT2D eigenvalue weighted by Gasteiger charge is 2.36. The summed E-state index contributed by atoms with van der Waals surface area (Å²) >= 11 is 0. The molecule has 1 aliphatic rings. The molecular formula is C14H21N3O3S. The van der Waals surface area contributed by atoms with Crippen LogP contribution in [0.15, 0.2) is 24.3 Å². The van der Waals surface area contributed by atoms with Crippen LogP contribution in [-0.4, -0.2) is 51.6 Å². The van der Waals surface area contributed by atoms with Gasteiger partial charge in [-0.25, -0.2) is 8.42 Å². The lowest BCUT2D eigenvalue weighted by atomic mass is 10.2. The third-order valence-electron chi connectivity index (χ3n) is 3.35. The largest absolute Gasteiger partial charge is 0.378 e. The van der Waals surface area contributed by atoms with Gasteiger partial charge < -0.3 is 10.2 Å². The summed E-state index contributed by atoms with van der Waals surface area (Å²) in [5, 5.41) is 2.73. The normalized spacial score (nSPS) is 15.0. The number of hydrogen-bond donors (Lipinski definition) is 1. The Balaban J connectivity index is 1.97. The minimum Gasteiger partial charge on any atom is -0.378 e. The molecule has 6 nitrogen and oxygen atoms in total. The second kappa shape index (κ2) is 6.03. The van der Waals surface area contributed by atoms with Gasteiger partial charge in [-0.2, -0.15) is 4.31 Å². The summed E-state index contributed by atoms with van der Waals surface area (Å²) in [5.74, 6) is -0.315. The average molecular weight is 311 g/mol. The predicted octanol–water partition coefficient (Wildman–Crippen LogP) is 1.12. The fraction of sp³-hybridized carbons (Fsp3) is 0.500. The quantitative estimate of drug-likeness (QED) is 0.854. The molecule has 0 unspecified atom stereocenters. The van der Waals surface area contributed by atoms with Crippen LogP contribution in [0.4, 0.5) is 11.4 Å². The van der Waals surface area contributed by atoms with Crippen LogP contribution >= 0.6 is 0 Å². The Hall–Kier alpha value is -1.60. The highest BCUT2D eigenvalue weighted by molar-refractivity contribution is 7.88. The molecule has 116 valence electrons. The predicted molar refractivity (Wildman–Crippen MR) is 84.0 cm³/mol. The molecule has 0 spiro atoms. The van der Waals surface area contributed by atoms with Crippen LogP contribution in [0.2, 0.25) is 0 Å². The minimum atomic E-state index is -3.34. The molecule has 1 N–H and O–H groups in total. The maximum absolute atomic E-state index is 12.0. The number of carbonyl (C=O) groups excluding carboxylic acids is 1. The van der Waals surface area contributed by atoms with Gasteiger partial charge in [0, 0.05) is 31.5 Å². The smallest absolute Gasteiger partial charge is 0.239 e. The molecule has 2 rings (SSSR count). The molecule has 1 aromatic rings. The van der Waals surface area contributed by atoms with Gasteiger partial charge in [0.05, 0.1) is 12.8 Å². The maximum atomic E-state index is 12.0.